The molecule has 0 unspecified atom stereocenters. The van der Waals surface area contributed by atoms with Crippen LogP contribution in [0.2, 0.25) is 0 Å². The first-order chi connectivity index (χ1) is 10.3. The molecule has 0 saturated heterocycles. The van der Waals surface area contributed by atoms with Gasteiger partial charge in [0.25, 0.3) is 5.95 Å². The molecule has 0 spiro atoms. The first kappa shape index (κ1) is 15.4. The van der Waals surface area contributed by atoms with E-state index in [1.807, 2.05) is 36.4 Å². The maximum atomic E-state index is 9.85. The Labute approximate surface area is 127 Å². The minimum absolute atomic E-state index is 0.0488. The van der Waals surface area contributed by atoms with Crippen molar-refractivity contribution in [3.05, 3.63) is 65.7 Å². The Kier molecular flexibility index (Phi) is 6.14. The van der Waals surface area contributed by atoms with Gasteiger partial charge < -0.3 is 9.84 Å². The van der Waals surface area contributed by atoms with Crippen LogP contribution >= 0.6 is 0 Å². The Morgan fingerprint density at radius 3 is 2.29 bits per heavy atom. The molecule has 2 rings (SSSR count). The average Bonchev–Trinajstić information content (AvgIpc) is 3.03. The fourth-order valence-electron chi connectivity index (χ4n) is 2.34. The second-order valence-corrected chi connectivity index (χ2v) is 5.39. The summed E-state index contributed by atoms with van der Waals surface area (Å²) >= 11 is 0. The Balaban J connectivity index is 1.80. The fourth-order valence-corrected chi connectivity index (χ4v) is 2.34. The highest BCUT2D eigenvalue weighted by Gasteiger charge is 2.05. The number of hydrogen-bond donors (Lipinski definition) is 1. The molecule has 2 nitrogen and oxygen atoms in total. The maximum absolute atomic E-state index is 9.85. The number of aliphatic hydroxyl groups excluding tert-OH is 1. The zero-order valence-corrected chi connectivity index (χ0v) is 12.7. The molecule has 1 aliphatic rings. The van der Waals surface area contributed by atoms with Crippen molar-refractivity contribution in [2.75, 3.05) is 0 Å². The SMILES string of the molecule is CCCCCCCc1ccc(OC(O)=C2C=CC=C2)cc1. The monoisotopic (exact) mass is 284 g/mol. The van der Waals surface area contributed by atoms with Crippen molar-refractivity contribution in [3.8, 4) is 5.75 Å². The van der Waals surface area contributed by atoms with Gasteiger partial charge in [-0.15, -0.1) is 0 Å². The van der Waals surface area contributed by atoms with Crippen LogP contribution in [0.25, 0.3) is 0 Å². The molecular formula is C19H24O2. The van der Waals surface area contributed by atoms with Gasteiger partial charge in [-0.3, -0.25) is 0 Å². The standard InChI is InChI=1S/C19H24O2/c1-2-3-4-5-6-9-16-12-14-18(15-13-16)21-19(20)17-10-7-8-11-17/h7-8,10-15,20H,2-6,9H2,1H3. The first-order valence-corrected chi connectivity index (χ1v) is 7.84. The molecule has 0 atom stereocenters. The zero-order chi connectivity index (χ0) is 14.9. The quantitative estimate of drug-likeness (QED) is 0.506. The molecule has 21 heavy (non-hydrogen) atoms. The number of rotatable bonds is 8. The van der Waals surface area contributed by atoms with Crippen molar-refractivity contribution in [3.63, 3.8) is 0 Å². The van der Waals surface area contributed by atoms with Crippen LogP contribution in [0.4, 0.5) is 0 Å². The van der Waals surface area contributed by atoms with Crippen LogP contribution in [-0.2, 0) is 6.42 Å². The van der Waals surface area contributed by atoms with Crippen LogP contribution in [0.1, 0.15) is 44.6 Å². The third-order valence-electron chi connectivity index (χ3n) is 3.62. The number of hydrogen-bond acceptors (Lipinski definition) is 2. The van der Waals surface area contributed by atoms with Crippen LogP contribution in [-0.4, -0.2) is 5.11 Å². The molecule has 0 saturated carbocycles. The van der Waals surface area contributed by atoms with E-state index in [4.69, 9.17) is 4.74 Å². The Morgan fingerprint density at radius 2 is 1.62 bits per heavy atom. The summed E-state index contributed by atoms with van der Waals surface area (Å²) in [6.45, 7) is 2.24. The van der Waals surface area contributed by atoms with Gasteiger partial charge in [0.1, 0.15) is 5.75 Å². The highest BCUT2D eigenvalue weighted by molar-refractivity contribution is 5.41. The van der Waals surface area contributed by atoms with Crippen LogP contribution in [0.15, 0.2) is 60.1 Å². The van der Waals surface area contributed by atoms with E-state index in [2.05, 4.69) is 19.1 Å². The van der Waals surface area contributed by atoms with Gasteiger partial charge in [0.2, 0.25) is 0 Å². The van der Waals surface area contributed by atoms with Gasteiger partial charge in [0.15, 0.2) is 0 Å². The van der Waals surface area contributed by atoms with E-state index in [0.717, 1.165) is 6.42 Å². The number of ether oxygens (including phenoxy) is 1. The fraction of sp³-hybridized carbons (Fsp3) is 0.368. The maximum Gasteiger partial charge on any atom is 0.289 e. The molecule has 1 aliphatic carbocycles. The summed E-state index contributed by atoms with van der Waals surface area (Å²) in [6, 6.07) is 7.99. The van der Waals surface area contributed by atoms with Crippen molar-refractivity contribution in [2.24, 2.45) is 0 Å². The lowest BCUT2D eigenvalue weighted by Crippen LogP contribution is -1.97. The second kappa shape index (κ2) is 8.35. The summed E-state index contributed by atoms with van der Waals surface area (Å²) in [5.41, 5.74) is 2.03. The van der Waals surface area contributed by atoms with E-state index in [9.17, 15) is 5.11 Å². The normalized spacial score (nSPS) is 12.9. The summed E-state index contributed by atoms with van der Waals surface area (Å²) in [5, 5.41) is 9.85. The lowest BCUT2D eigenvalue weighted by Gasteiger charge is -2.07. The summed E-state index contributed by atoms with van der Waals surface area (Å²) in [6.07, 6.45) is 15.0. The van der Waals surface area contributed by atoms with Crippen LogP contribution < -0.4 is 4.74 Å². The Hall–Kier alpha value is -1.96. The molecule has 0 fully saturated rings. The third kappa shape index (κ3) is 5.14. The lowest BCUT2D eigenvalue weighted by atomic mass is 10.1. The minimum Gasteiger partial charge on any atom is -0.480 e. The van der Waals surface area contributed by atoms with Gasteiger partial charge >= 0.3 is 0 Å². The van der Waals surface area contributed by atoms with Gasteiger partial charge in [-0.2, -0.15) is 0 Å². The molecular weight excluding hydrogens is 260 g/mol. The lowest BCUT2D eigenvalue weighted by molar-refractivity contribution is 0.206. The predicted molar refractivity (Wildman–Crippen MR) is 87.5 cm³/mol. The minimum atomic E-state index is -0.0488. The Bertz CT molecular complexity index is 507. The van der Waals surface area contributed by atoms with Gasteiger partial charge in [-0.05, 0) is 42.7 Å². The largest absolute Gasteiger partial charge is 0.480 e. The molecule has 2 heteroatoms. The summed E-state index contributed by atoms with van der Waals surface area (Å²) in [5.74, 6) is 0.621. The molecule has 1 aromatic carbocycles. The van der Waals surface area contributed by atoms with Crippen LogP contribution in [0, 0.1) is 0 Å². The first-order valence-electron chi connectivity index (χ1n) is 7.84. The second-order valence-electron chi connectivity index (χ2n) is 5.39. The molecule has 0 bridgehead atoms. The van der Waals surface area contributed by atoms with Crippen molar-refractivity contribution in [1.82, 2.24) is 0 Å². The molecule has 0 amide bonds. The summed E-state index contributed by atoms with van der Waals surface area (Å²) in [4.78, 5) is 0. The van der Waals surface area contributed by atoms with Crippen molar-refractivity contribution in [2.45, 2.75) is 45.4 Å². The van der Waals surface area contributed by atoms with Crippen LogP contribution in [0.3, 0.4) is 0 Å². The van der Waals surface area contributed by atoms with Gasteiger partial charge in [-0.1, -0.05) is 56.9 Å². The summed E-state index contributed by atoms with van der Waals surface area (Å²) in [7, 11) is 0. The van der Waals surface area contributed by atoms with E-state index in [-0.39, 0.29) is 5.95 Å². The average molecular weight is 284 g/mol. The van der Waals surface area contributed by atoms with Gasteiger partial charge in [0.05, 0.1) is 5.57 Å². The van der Waals surface area contributed by atoms with E-state index >= 15 is 0 Å². The van der Waals surface area contributed by atoms with Crippen molar-refractivity contribution < 1.29 is 9.84 Å². The zero-order valence-electron chi connectivity index (χ0n) is 12.7. The molecule has 0 radical (unpaired) electrons. The van der Waals surface area contributed by atoms with E-state index < -0.39 is 0 Å². The highest BCUT2D eigenvalue weighted by Crippen LogP contribution is 2.19. The molecule has 0 aliphatic heterocycles. The summed E-state index contributed by atoms with van der Waals surface area (Å²) < 4.78 is 5.44. The number of benzene rings is 1. The number of allylic oxidation sites excluding steroid dienone is 5. The number of unbranched alkanes of at least 4 members (excludes halogenated alkanes) is 4. The predicted octanol–water partition coefficient (Wildman–Crippen LogP) is 5.47. The van der Waals surface area contributed by atoms with Crippen LogP contribution in [0.5, 0.6) is 5.75 Å². The number of aliphatic hydroxyl groups is 1. The number of aryl methyl sites for hydroxylation is 1. The Morgan fingerprint density at radius 1 is 0.952 bits per heavy atom. The van der Waals surface area contributed by atoms with E-state index in [1.54, 1.807) is 0 Å². The highest BCUT2D eigenvalue weighted by atomic mass is 16.6. The van der Waals surface area contributed by atoms with Gasteiger partial charge in [-0.25, -0.2) is 0 Å². The molecule has 1 N–H and O–H groups in total. The van der Waals surface area contributed by atoms with Crippen molar-refractivity contribution in [1.29, 1.82) is 0 Å². The molecule has 112 valence electrons. The van der Waals surface area contributed by atoms with Crippen molar-refractivity contribution >= 4 is 0 Å². The third-order valence-corrected chi connectivity index (χ3v) is 3.62. The van der Waals surface area contributed by atoms with E-state index in [0.29, 0.717) is 11.3 Å². The molecule has 1 aromatic rings. The molecule has 0 aromatic heterocycles. The topological polar surface area (TPSA) is 29.5 Å². The van der Waals surface area contributed by atoms with E-state index in [1.165, 1.54) is 37.7 Å². The smallest absolute Gasteiger partial charge is 0.289 e. The molecule has 0 heterocycles. The van der Waals surface area contributed by atoms with Gasteiger partial charge in [0, 0.05) is 0 Å².